The average Bonchev–Trinajstić information content (AvgIpc) is 3.16. The van der Waals surface area contributed by atoms with Gasteiger partial charge in [-0.15, -0.1) is 0 Å². The first kappa shape index (κ1) is 27.3. The molecule has 212 valence electrons. The van der Waals surface area contributed by atoms with Crippen molar-refractivity contribution in [2.75, 3.05) is 36.3 Å². The van der Waals surface area contributed by atoms with Gasteiger partial charge in [0.05, 0.1) is 24.5 Å². The smallest absolute Gasteiger partial charge is 0.259 e. The van der Waals surface area contributed by atoms with Gasteiger partial charge in [-0.05, 0) is 84.1 Å². The lowest BCUT2D eigenvalue weighted by molar-refractivity contribution is -0.116. The first-order valence-electron chi connectivity index (χ1n) is 14.0. The Bertz CT molecular complexity index is 1660. The van der Waals surface area contributed by atoms with Crippen LogP contribution < -0.4 is 19.9 Å². The number of hydrogen-bond acceptors (Lipinski definition) is 5. The van der Waals surface area contributed by atoms with Crippen molar-refractivity contribution in [3.63, 3.8) is 0 Å². The number of amides is 1. The van der Waals surface area contributed by atoms with Crippen LogP contribution in [-0.2, 0) is 4.79 Å². The Morgan fingerprint density at radius 1 is 0.881 bits per heavy atom. The summed E-state index contributed by atoms with van der Waals surface area (Å²) < 4.78 is 19.0. The van der Waals surface area contributed by atoms with Crippen molar-refractivity contribution < 1.29 is 18.7 Å². The van der Waals surface area contributed by atoms with Crippen LogP contribution in [0.3, 0.4) is 0 Å². The van der Waals surface area contributed by atoms with E-state index >= 15 is 0 Å². The number of benzene rings is 4. The quantitative estimate of drug-likeness (QED) is 0.281. The predicted octanol–water partition coefficient (Wildman–Crippen LogP) is 7.11. The Kier molecular flexibility index (Phi) is 7.25. The molecular formula is C35H32FN3O3. The Labute approximate surface area is 245 Å². The van der Waals surface area contributed by atoms with Crippen LogP contribution in [0, 0.1) is 5.82 Å². The van der Waals surface area contributed by atoms with Crippen LogP contribution in [0.4, 0.5) is 21.5 Å². The molecular weight excluding hydrogens is 529 g/mol. The molecule has 4 aromatic carbocycles. The minimum Gasteiger partial charge on any atom is -0.497 e. The lowest BCUT2D eigenvalue weighted by Crippen LogP contribution is -2.38. The molecule has 2 atom stereocenters. The molecule has 6 nitrogen and oxygen atoms in total. The highest BCUT2D eigenvalue weighted by Gasteiger charge is 2.42. The zero-order chi connectivity index (χ0) is 29.4. The molecule has 1 amide bonds. The number of para-hydroxylation sites is 2. The molecule has 1 heterocycles. The summed E-state index contributed by atoms with van der Waals surface area (Å²) in [5.74, 6) is -0.0381. The van der Waals surface area contributed by atoms with E-state index in [1.54, 1.807) is 48.4 Å². The Morgan fingerprint density at radius 3 is 2.21 bits per heavy atom. The number of fused-ring (bicyclic) bond motifs is 1. The van der Waals surface area contributed by atoms with Gasteiger partial charge in [-0.25, -0.2) is 4.39 Å². The first-order chi connectivity index (χ1) is 20.3. The summed E-state index contributed by atoms with van der Waals surface area (Å²) >= 11 is 0. The van der Waals surface area contributed by atoms with Crippen molar-refractivity contribution in [3.8, 4) is 5.75 Å². The molecule has 0 radical (unpaired) electrons. The van der Waals surface area contributed by atoms with E-state index in [0.29, 0.717) is 29.0 Å². The van der Waals surface area contributed by atoms with Gasteiger partial charge in [0.25, 0.3) is 5.91 Å². The van der Waals surface area contributed by atoms with Crippen molar-refractivity contribution in [1.82, 2.24) is 0 Å². The molecule has 1 N–H and O–H groups in total. The minimum atomic E-state index is -0.663. The number of anilines is 3. The van der Waals surface area contributed by atoms with Gasteiger partial charge >= 0.3 is 0 Å². The maximum absolute atomic E-state index is 14.5. The molecule has 0 saturated heterocycles. The molecule has 1 aliphatic carbocycles. The van der Waals surface area contributed by atoms with Gasteiger partial charge in [0.1, 0.15) is 11.6 Å². The molecule has 2 aliphatic rings. The second kappa shape index (κ2) is 11.2. The molecule has 7 heteroatoms. The van der Waals surface area contributed by atoms with E-state index in [2.05, 4.69) is 5.32 Å². The fourth-order valence-corrected chi connectivity index (χ4v) is 5.93. The van der Waals surface area contributed by atoms with Crippen LogP contribution in [0.25, 0.3) is 0 Å². The molecule has 4 aromatic rings. The van der Waals surface area contributed by atoms with Crippen LogP contribution in [-0.4, -0.2) is 32.9 Å². The average molecular weight is 562 g/mol. The molecule has 6 rings (SSSR count). The third kappa shape index (κ3) is 5.02. The second-order valence-corrected chi connectivity index (χ2v) is 10.9. The number of nitrogens with zero attached hydrogens (tertiary/aromatic N) is 2. The van der Waals surface area contributed by atoms with Gasteiger partial charge in [-0.1, -0.05) is 36.4 Å². The van der Waals surface area contributed by atoms with Gasteiger partial charge in [-0.2, -0.15) is 0 Å². The van der Waals surface area contributed by atoms with Crippen molar-refractivity contribution in [2.24, 2.45) is 0 Å². The van der Waals surface area contributed by atoms with Crippen LogP contribution in [0.15, 0.2) is 108 Å². The molecule has 1 aliphatic heterocycles. The lowest BCUT2D eigenvalue weighted by atomic mass is 9.78. The Morgan fingerprint density at radius 2 is 1.55 bits per heavy atom. The second-order valence-electron chi connectivity index (χ2n) is 10.9. The number of carbonyl (C=O) groups excluding carboxylic acids is 2. The summed E-state index contributed by atoms with van der Waals surface area (Å²) in [4.78, 5) is 32.4. The molecule has 0 spiro atoms. The van der Waals surface area contributed by atoms with E-state index in [4.69, 9.17) is 4.74 Å². The third-order valence-electron chi connectivity index (χ3n) is 8.11. The summed E-state index contributed by atoms with van der Waals surface area (Å²) in [5.41, 5.74) is 6.02. The van der Waals surface area contributed by atoms with Gasteiger partial charge in [0, 0.05) is 43.0 Å². The molecule has 0 bridgehead atoms. The summed E-state index contributed by atoms with van der Waals surface area (Å²) in [5, 5.41) is 3.55. The van der Waals surface area contributed by atoms with E-state index in [-0.39, 0.29) is 29.8 Å². The Balaban J connectivity index is 1.54. The summed E-state index contributed by atoms with van der Waals surface area (Å²) in [6, 6.07) is 28.4. The maximum atomic E-state index is 14.5. The van der Waals surface area contributed by atoms with Crippen molar-refractivity contribution >= 4 is 28.8 Å². The first-order valence-corrected chi connectivity index (χ1v) is 14.0. The lowest BCUT2D eigenvalue weighted by Gasteiger charge is -2.35. The van der Waals surface area contributed by atoms with E-state index in [1.807, 2.05) is 67.5 Å². The molecule has 0 unspecified atom stereocenters. The number of ketones is 1. The summed E-state index contributed by atoms with van der Waals surface area (Å²) in [6.07, 6.45) is 0.817. The van der Waals surface area contributed by atoms with E-state index in [0.717, 1.165) is 28.2 Å². The number of nitrogens with one attached hydrogen (secondary N) is 1. The largest absolute Gasteiger partial charge is 0.497 e. The number of methoxy groups -OCH3 is 1. The van der Waals surface area contributed by atoms with Crippen LogP contribution in [0.2, 0.25) is 0 Å². The van der Waals surface area contributed by atoms with Crippen molar-refractivity contribution in [2.45, 2.75) is 24.8 Å². The zero-order valence-corrected chi connectivity index (χ0v) is 23.8. The van der Waals surface area contributed by atoms with Crippen LogP contribution in [0.1, 0.15) is 46.3 Å². The van der Waals surface area contributed by atoms with Crippen molar-refractivity contribution in [1.29, 1.82) is 0 Å². The third-order valence-corrected chi connectivity index (χ3v) is 8.11. The minimum absolute atomic E-state index is 0.0416. The number of carbonyl (C=O) groups is 2. The predicted molar refractivity (Wildman–Crippen MR) is 164 cm³/mol. The molecule has 0 saturated carbocycles. The highest BCUT2D eigenvalue weighted by atomic mass is 19.1. The number of halogens is 1. The maximum Gasteiger partial charge on any atom is 0.259 e. The molecule has 42 heavy (non-hydrogen) atoms. The van der Waals surface area contributed by atoms with E-state index in [1.165, 1.54) is 12.1 Å². The number of hydrogen-bond donors (Lipinski definition) is 1. The monoisotopic (exact) mass is 561 g/mol. The summed E-state index contributed by atoms with van der Waals surface area (Å²) in [6.45, 7) is 0. The topological polar surface area (TPSA) is 61.9 Å². The number of rotatable bonds is 5. The summed E-state index contributed by atoms with van der Waals surface area (Å²) in [7, 11) is 5.53. The standard InChI is InChI=1S/C35H32FN3O3/c1-38(2)27-16-10-23(11-17-27)34-33-30(20-25(21-32(33)40)22-8-14-26(36)15-9-22)37-29-6-4-5-7-31(29)39(34)35(41)24-12-18-28(42-3)19-13-24/h4-19,25,34,37H,20-21H2,1-3H3/t25-,34+/m1/s1. The Hall–Kier alpha value is -4.91. The van der Waals surface area contributed by atoms with Crippen molar-refractivity contribution in [3.05, 3.63) is 131 Å². The molecule has 0 fully saturated rings. The number of Topliss-reactive ketones (excluding diaryl/α,β-unsaturated/α-hetero) is 1. The van der Waals surface area contributed by atoms with Crippen LogP contribution >= 0.6 is 0 Å². The fourth-order valence-electron chi connectivity index (χ4n) is 5.93. The van der Waals surface area contributed by atoms with Gasteiger partial charge in [0.2, 0.25) is 0 Å². The van der Waals surface area contributed by atoms with Gasteiger partial charge in [0.15, 0.2) is 5.78 Å². The number of ether oxygens (including phenoxy) is 1. The highest BCUT2D eigenvalue weighted by molar-refractivity contribution is 6.12. The normalized spacial score (nSPS) is 18.0. The van der Waals surface area contributed by atoms with E-state index < -0.39 is 6.04 Å². The van der Waals surface area contributed by atoms with Gasteiger partial charge in [-0.3, -0.25) is 14.5 Å². The van der Waals surface area contributed by atoms with E-state index in [9.17, 15) is 14.0 Å². The fraction of sp³-hybridized carbons (Fsp3) is 0.200. The highest BCUT2D eigenvalue weighted by Crippen LogP contribution is 2.48. The van der Waals surface area contributed by atoms with Gasteiger partial charge < -0.3 is 15.0 Å². The zero-order valence-electron chi connectivity index (χ0n) is 23.8. The van der Waals surface area contributed by atoms with Crippen LogP contribution in [0.5, 0.6) is 5.75 Å². The SMILES string of the molecule is COc1ccc(C(=O)N2c3ccccc3NC3=C(C(=O)C[C@H](c4ccc(F)cc4)C3)[C@@H]2c2ccc(N(C)C)cc2)cc1. The molecule has 0 aromatic heterocycles. The number of allylic oxidation sites excluding steroid dienone is 1.